The summed E-state index contributed by atoms with van der Waals surface area (Å²) in [6.07, 6.45) is 1.97. The number of aryl methyl sites for hydroxylation is 2. The molecule has 0 radical (unpaired) electrons. The number of benzene rings is 1. The number of aromatic amines is 1. The summed E-state index contributed by atoms with van der Waals surface area (Å²) in [5.41, 5.74) is 3.35. The summed E-state index contributed by atoms with van der Waals surface area (Å²) in [6, 6.07) is 5.69. The zero-order chi connectivity index (χ0) is 13.4. The normalized spacial score (nSPS) is 12.6. The molecule has 0 atom stereocenters. The Morgan fingerprint density at radius 2 is 2.32 bits per heavy atom. The molecule has 2 aromatic rings. The Morgan fingerprint density at radius 3 is 3.11 bits per heavy atom. The van der Waals surface area contributed by atoms with Crippen molar-refractivity contribution in [1.29, 1.82) is 0 Å². The summed E-state index contributed by atoms with van der Waals surface area (Å²) in [5.74, 6) is -0.409. The highest BCUT2D eigenvalue weighted by Crippen LogP contribution is 2.37. The van der Waals surface area contributed by atoms with Crippen LogP contribution in [0.15, 0.2) is 18.2 Å². The highest BCUT2D eigenvalue weighted by molar-refractivity contribution is 7.73. The number of carbonyl (C=O) groups is 1. The number of carboxylic acids is 1. The number of aliphatic carboxylic acids is 1. The molecule has 0 bridgehead atoms. The van der Waals surface area contributed by atoms with Crippen molar-refractivity contribution in [3.8, 4) is 17.0 Å². The van der Waals surface area contributed by atoms with Crippen LogP contribution in [0.25, 0.3) is 11.3 Å². The van der Waals surface area contributed by atoms with Crippen LogP contribution < -0.4 is 4.74 Å². The maximum Gasteiger partial charge on any atom is 0.341 e. The Kier molecular flexibility index (Phi) is 3.12. The van der Waals surface area contributed by atoms with Crippen LogP contribution in [-0.4, -0.2) is 22.7 Å². The number of nitrogens with one attached hydrogen (secondary N) is 1. The van der Waals surface area contributed by atoms with E-state index in [9.17, 15) is 4.79 Å². The van der Waals surface area contributed by atoms with E-state index in [-0.39, 0.29) is 6.61 Å². The fourth-order valence-corrected chi connectivity index (χ4v) is 3.49. The lowest BCUT2D eigenvalue weighted by molar-refractivity contribution is -0.139. The molecule has 1 heterocycles. The summed E-state index contributed by atoms with van der Waals surface area (Å²) >= 11 is 6.78. The number of ether oxygens (including phenoxy) is 1. The number of hydrogen-bond acceptors (Lipinski definition) is 4. The second kappa shape index (κ2) is 4.79. The van der Waals surface area contributed by atoms with Crippen molar-refractivity contribution < 1.29 is 14.6 Å². The van der Waals surface area contributed by atoms with E-state index in [1.807, 2.05) is 18.2 Å². The third-order valence-electron chi connectivity index (χ3n) is 3.06. The third-order valence-corrected chi connectivity index (χ3v) is 4.35. The highest BCUT2D eigenvalue weighted by Gasteiger charge is 2.19. The fraction of sp³-hybridized carbons (Fsp3) is 0.231. The first-order chi connectivity index (χ1) is 9.13. The summed E-state index contributed by atoms with van der Waals surface area (Å²) in [4.78, 5) is 15.0. The molecule has 1 aromatic heterocycles. The van der Waals surface area contributed by atoms with Crippen molar-refractivity contribution in [3.05, 3.63) is 32.6 Å². The van der Waals surface area contributed by atoms with Crippen molar-refractivity contribution in [1.82, 2.24) is 4.98 Å². The van der Waals surface area contributed by atoms with Gasteiger partial charge in [-0.25, -0.2) is 4.79 Å². The zero-order valence-corrected chi connectivity index (χ0v) is 11.6. The van der Waals surface area contributed by atoms with Gasteiger partial charge in [-0.05, 0) is 42.8 Å². The predicted octanol–water partition coefficient (Wildman–Crippen LogP) is 3.03. The Hall–Kier alpha value is -1.66. The van der Waals surface area contributed by atoms with Gasteiger partial charge in [0.15, 0.2) is 10.6 Å². The quantitative estimate of drug-likeness (QED) is 0.854. The number of carboxylic acid groups (broad SMARTS) is 1. The van der Waals surface area contributed by atoms with Crippen molar-refractivity contribution in [3.63, 3.8) is 0 Å². The van der Waals surface area contributed by atoms with Gasteiger partial charge in [-0.3, -0.25) is 0 Å². The van der Waals surface area contributed by atoms with Gasteiger partial charge in [0.25, 0.3) is 0 Å². The fourth-order valence-electron chi connectivity index (χ4n) is 2.24. The van der Waals surface area contributed by atoms with Crippen LogP contribution in [0.1, 0.15) is 10.4 Å². The molecule has 0 amide bonds. The summed E-state index contributed by atoms with van der Waals surface area (Å²) in [6.45, 7) is -0.328. The SMILES string of the molecule is O=C(O)COc1ccc2c(c1)-c1[nH]c(=S)sc1CC2. The minimum Gasteiger partial charge on any atom is -0.482 e. The Labute approximate surface area is 118 Å². The summed E-state index contributed by atoms with van der Waals surface area (Å²) in [7, 11) is 0. The average Bonchev–Trinajstić information content (AvgIpc) is 2.77. The molecule has 0 aliphatic heterocycles. The monoisotopic (exact) mass is 293 g/mol. The van der Waals surface area contributed by atoms with Gasteiger partial charge in [-0.15, -0.1) is 11.3 Å². The molecule has 4 nitrogen and oxygen atoms in total. The minimum absolute atomic E-state index is 0.328. The van der Waals surface area contributed by atoms with Crippen LogP contribution in [0.5, 0.6) is 5.75 Å². The molecule has 1 aromatic carbocycles. The summed E-state index contributed by atoms with van der Waals surface area (Å²) in [5, 5.41) is 8.63. The first-order valence-corrected chi connectivity index (χ1v) is 7.06. The standard InChI is InChI=1S/C13H11NO3S2/c15-11(16)6-17-8-3-1-7-2-4-10-12(9(7)5-8)14-13(18)19-10/h1,3,5H,2,4,6H2,(H,14,18)(H,15,16). The molecule has 0 saturated carbocycles. The molecule has 19 heavy (non-hydrogen) atoms. The van der Waals surface area contributed by atoms with E-state index in [1.165, 1.54) is 10.4 Å². The van der Waals surface area contributed by atoms with E-state index in [1.54, 1.807) is 11.3 Å². The molecular weight excluding hydrogens is 282 g/mol. The predicted molar refractivity (Wildman–Crippen MR) is 75.5 cm³/mol. The number of thiazole rings is 1. The molecule has 0 saturated heterocycles. The molecule has 6 heteroatoms. The topological polar surface area (TPSA) is 62.3 Å². The van der Waals surface area contributed by atoms with E-state index >= 15 is 0 Å². The molecular formula is C13H11NO3S2. The van der Waals surface area contributed by atoms with Crippen LogP contribution in [0.3, 0.4) is 0 Å². The van der Waals surface area contributed by atoms with Crippen molar-refractivity contribution in [2.45, 2.75) is 12.8 Å². The lowest BCUT2D eigenvalue weighted by atomic mass is 9.93. The second-order valence-electron chi connectivity index (χ2n) is 4.31. The maximum absolute atomic E-state index is 10.5. The minimum atomic E-state index is -0.978. The van der Waals surface area contributed by atoms with Gasteiger partial charge >= 0.3 is 5.97 Å². The number of aromatic nitrogens is 1. The van der Waals surface area contributed by atoms with Gasteiger partial charge in [-0.2, -0.15) is 0 Å². The van der Waals surface area contributed by atoms with Crippen LogP contribution in [0.2, 0.25) is 0 Å². The zero-order valence-electron chi connectivity index (χ0n) is 9.93. The number of H-pyrrole nitrogens is 1. The average molecular weight is 293 g/mol. The molecule has 0 fully saturated rings. The Morgan fingerprint density at radius 1 is 1.47 bits per heavy atom. The smallest absolute Gasteiger partial charge is 0.341 e. The van der Waals surface area contributed by atoms with Crippen LogP contribution in [0, 0.1) is 3.95 Å². The first kappa shape index (κ1) is 12.4. The van der Waals surface area contributed by atoms with Crippen LogP contribution in [0.4, 0.5) is 0 Å². The Bertz CT molecular complexity index is 702. The summed E-state index contributed by atoms with van der Waals surface area (Å²) < 4.78 is 5.99. The van der Waals surface area contributed by atoms with Crippen molar-refractivity contribution in [2.24, 2.45) is 0 Å². The second-order valence-corrected chi connectivity index (χ2v) is 6.09. The number of hydrogen-bond donors (Lipinski definition) is 2. The van der Waals surface area contributed by atoms with Crippen molar-refractivity contribution in [2.75, 3.05) is 6.61 Å². The molecule has 98 valence electrons. The molecule has 0 unspecified atom stereocenters. The first-order valence-electron chi connectivity index (χ1n) is 5.83. The van der Waals surface area contributed by atoms with Gasteiger partial charge in [0.2, 0.25) is 0 Å². The lowest BCUT2D eigenvalue weighted by Gasteiger charge is -2.16. The number of rotatable bonds is 3. The molecule has 1 aliphatic carbocycles. The third kappa shape index (κ3) is 2.41. The maximum atomic E-state index is 10.5. The van der Waals surface area contributed by atoms with E-state index in [4.69, 9.17) is 22.1 Å². The van der Waals surface area contributed by atoms with Crippen LogP contribution in [-0.2, 0) is 17.6 Å². The Balaban J connectivity index is 2.00. The molecule has 0 spiro atoms. The van der Waals surface area contributed by atoms with Gasteiger partial charge in [0.05, 0.1) is 5.69 Å². The van der Waals surface area contributed by atoms with Gasteiger partial charge in [0.1, 0.15) is 5.75 Å². The molecule has 2 N–H and O–H groups in total. The van der Waals surface area contributed by atoms with Gasteiger partial charge in [-0.1, -0.05) is 6.07 Å². The van der Waals surface area contributed by atoms with E-state index in [0.717, 1.165) is 28.1 Å². The van der Waals surface area contributed by atoms with Crippen LogP contribution >= 0.6 is 23.6 Å². The molecule has 1 aliphatic rings. The molecule has 3 rings (SSSR count). The highest BCUT2D eigenvalue weighted by atomic mass is 32.1. The van der Waals surface area contributed by atoms with Gasteiger partial charge < -0.3 is 14.8 Å². The van der Waals surface area contributed by atoms with E-state index in [2.05, 4.69) is 4.98 Å². The van der Waals surface area contributed by atoms with E-state index < -0.39 is 5.97 Å². The van der Waals surface area contributed by atoms with Crippen molar-refractivity contribution >= 4 is 29.5 Å². The lowest BCUT2D eigenvalue weighted by Crippen LogP contribution is -2.10. The largest absolute Gasteiger partial charge is 0.482 e. The van der Waals surface area contributed by atoms with Gasteiger partial charge in [0, 0.05) is 10.4 Å². The van der Waals surface area contributed by atoms with E-state index in [0.29, 0.717) is 5.75 Å². The number of fused-ring (bicyclic) bond motifs is 3.